The van der Waals surface area contributed by atoms with E-state index in [4.69, 9.17) is 4.52 Å². The lowest BCUT2D eigenvalue weighted by Gasteiger charge is -2.07. The molecule has 0 aliphatic carbocycles. The first-order valence-electron chi connectivity index (χ1n) is 9.72. The number of hydrogen-bond acceptors (Lipinski definition) is 7. The topological polar surface area (TPSA) is 93.8 Å². The van der Waals surface area contributed by atoms with Crippen LogP contribution < -0.4 is 5.32 Å². The number of aromatic nitrogens is 4. The fourth-order valence-corrected chi connectivity index (χ4v) is 3.95. The number of pyridine rings is 1. The Hall–Kier alpha value is -3.20. The molecule has 7 nitrogen and oxygen atoms in total. The van der Waals surface area contributed by atoms with Crippen molar-refractivity contribution in [2.75, 3.05) is 5.32 Å². The standard InChI is InChI=1S/C21H20FN5O2S/c1-3-4-5-10-17-25-26-21(30-17)24-19(28)14-11-16(13-8-6-7-9-15(13)22)23-20-18(14)12(2)27-29-20/h6-9,11H,3-5,10H2,1-2H3,(H,24,26,28). The van der Waals surface area contributed by atoms with Crippen LogP contribution in [0.4, 0.5) is 9.52 Å². The first-order valence-corrected chi connectivity index (χ1v) is 10.5. The number of fused-ring (bicyclic) bond motifs is 1. The molecule has 1 amide bonds. The van der Waals surface area contributed by atoms with E-state index in [2.05, 4.69) is 32.6 Å². The molecule has 0 saturated carbocycles. The third-order valence-corrected chi connectivity index (χ3v) is 5.59. The summed E-state index contributed by atoms with van der Waals surface area (Å²) in [5.41, 5.74) is 1.56. The van der Waals surface area contributed by atoms with Gasteiger partial charge in [-0.1, -0.05) is 48.4 Å². The van der Waals surface area contributed by atoms with Crippen molar-refractivity contribution in [1.29, 1.82) is 0 Å². The molecule has 4 rings (SSSR count). The average Bonchev–Trinajstić information content (AvgIpc) is 3.34. The quantitative estimate of drug-likeness (QED) is 0.410. The maximum absolute atomic E-state index is 14.3. The number of benzene rings is 1. The smallest absolute Gasteiger partial charge is 0.259 e. The van der Waals surface area contributed by atoms with Crippen LogP contribution in [0.2, 0.25) is 0 Å². The number of amides is 1. The van der Waals surface area contributed by atoms with Gasteiger partial charge in [-0.05, 0) is 31.5 Å². The molecule has 0 fully saturated rings. The Bertz CT molecular complexity index is 1200. The molecular weight excluding hydrogens is 405 g/mol. The molecule has 0 aliphatic heterocycles. The maximum atomic E-state index is 14.3. The highest BCUT2D eigenvalue weighted by Gasteiger charge is 2.21. The Morgan fingerprint density at radius 2 is 2.07 bits per heavy atom. The van der Waals surface area contributed by atoms with Crippen molar-refractivity contribution in [3.63, 3.8) is 0 Å². The molecule has 3 heterocycles. The van der Waals surface area contributed by atoms with Gasteiger partial charge in [0.2, 0.25) is 5.13 Å². The number of nitrogens with one attached hydrogen (secondary N) is 1. The van der Waals surface area contributed by atoms with Gasteiger partial charge in [0.15, 0.2) is 0 Å². The van der Waals surface area contributed by atoms with Gasteiger partial charge in [-0.3, -0.25) is 10.1 Å². The Morgan fingerprint density at radius 1 is 1.23 bits per heavy atom. The Labute approximate surface area is 176 Å². The van der Waals surface area contributed by atoms with Gasteiger partial charge < -0.3 is 4.52 Å². The summed E-state index contributed by atoms with van der Waals surface area (Å²) in [6.07, 6.45) is 4.13. The van der Waals surface area contributed by atoms with Gasteiger partial charge in [-0.2, -0.15) is 0 Å². The lowest BCUT2D eigenvalue weighted by molar-refractivity contribution is 0.102. The van der Waals surface area contributed by atoms with Gasteiger partial charge in [-0.15, -0.1) is 10.2 Å². The minimum Gasteiger partial charge on any atom is -0.335 e. The van der Waals surface area contributed by atoms with E-state index in [1.165, 1.54) is 17.4 Å². The van der Waals surface area contributed by atoms with Crippen LogP contribution in [0.3, 0.4) is 0 Å². The van der Waals surface area contributed by atoms with Crippen LogP contribution in [0.25, 0.3) is 22.4 Å². The first-order chi connectivity index (χ1) is 14.6. The summed E-state index contributed by atoms with van der Waals surface area (Å²) in [5, 5.41) is 16.7. The highest BCUT2D eigenvalue weighted by molar-refractivity contribution is 7.15. The number of nitrogens with zero attached hydrogens (tertiary/aromatic N) is 4. The molecule has 3 aromatic heterocycles. The fourth-order valence-electron chi connectivity index (χ4n) is 3.18. The zero-order valence-corrected chi connectivity index (χ0v) is 17.4. The van der Waals surface area contributed by atoms with Crippen LogP contribution in [0.5, 0.6) is 0 Å². The number of carbonyl (C=O) groups excluding carboxylic acids is 1. The predicted molar refractivity (Wildman–Crippen MR) is 113 cm³/mol. The van der Waals surface area contributed by atoms with E-state index >= 15 is 0 Å². The summed E-state index contributed by atoms with van der Waals surface area (Å²) >= 11 is 1.35. The fraction of sp³-hybridized carbons (Fsp3) is 0.286. The summed E-state index contributed by atoms with van der Waals surface area (Å²) < 4.78 is 19.5. The number of rotatable bonds is 7. The van der Waals surface area contributed by atoms with Crippen LogP contribution >= 0.6 is 11.3 Å². The molecule has 0 unspecified atom stereocenters. The lowest BCUT2D eigenvalue weighted by atomic mass is 10.0. The van der Waals surface area contributed by atoms with Gasteiger partial charge in [0.05, 0.1) is 22.3 Å². The SMILES string of the molecule is CCCCCc1nnc(NC(=O)c2cc(-c3ccccc3F)nc3onc(C)c23)s1. The average molecular weight is 425 g/mol. The summed E-state index contributed by atoms with van der Waals surface area (Å²) in [6.45, 7) is 3.87. The van der Waals surface area contributed by atoms with Crippen LogP contribution in [-0.2, 0) is 6.42 Å². The highest BCUT2D eigenvalue weighted by Crippen LogP contribution is 2.29. The maximum Gasteiger partial charge on any atom is 0.259 e. The van der Waals surface area contributed by atoms with Crippen molar-refractivity contribution in [2.45, 2.75) is 39.5 Å². The molecule has 1 aromatic carbocycles. The number of unbranched alkanes of at least 4 members (excludes halogenated alkanes) is 2. The molecule has 0 aliphatic rings. The summed E-state index contributed by atoms with van der Waals surface area (Å²) in [4.78, 5) is 17.4. The molecule has 0 saturated heterocycles. The predicted octanol–water partition coefficient (Wildman–Crippen LogP) is 5.17. The molecule has 1 N–H and O–H groups in total. The van der Waals surface area contributed by atoms with E-state index < -0.39 is 11.7 Å². The number of halogens is 1. The Balaban J connectivity index is 1.66. The van der Waals surface area contributed by atoms with Crippen LogP contribution in [0, 0.1) is 12.7 Å². The van der Waals surface area contributed by atoms with E-state index in [1.54, 1.807) is 31.2 Å². The van der Waals surface area contributed by atoms with Crippen molar-refractivity contribution in [1.82, 2.24) is 20.3 Å². The van der Waals surface area contributed by atoms with Crippen molar-refractivity contribution in [3.05, 3.63) is 52.4 Å². The molecule has 154 valence electrons. The second-order valence-corrected chi connectivity index (χ2v) is 7.96. The Morgan fingerprint density at radius 3 is 2.87 bits per heavy atom. The molecule has 0 bridgehead atoms. The number of hydrogen-bond donors (Lipinski definition) is 1. The molecule has 0 atom stereocenters. The summed E-state index contributed by atoms with van der Waals surface area (Å²) in [7, 11) is 0. The zero-order chi connectivity index (χ0) is 21.1. The third kappa shape index (κ3) is 4.06. The van der Waals surface area contributed by atoms with E-state index in [1.807, 2.05) is 0 Å². The van der Waals surface area contributed by atoms with Crippen molar-refractivity contribution in [3.8, 4) is 11.3 Å². The number of anilines is 1. The second-order valence-electron chi connectivity index (χ2n) is 6.90. The van der Waals surface area contributed by atoms with Gasteiger partial charge >= 0.3 is 0 Å². The molecule has 30 heavy (non-hydrogen) atoms. The van der Waals surface area contributed by atoms with Crippen LogP contribution in [-0.4, -0.2) is 26.2 Å². The van der Waals surface area contributed by atoms with Gasteiger partial charge in [-0.25, -0.2) is 9.37 Å². The van der Waals surface area contributed by atoms with E-state index in [-0.39, 0.29) is 11.3 Å². The molecule has 9 heteroatoms. The van der Waals surface area contributed by atoms with E-state index in [0.717, 1.165) is 30.7 Å². The van der Waals surface area contributed by atoms with E-state index in [9.17, 15) is 9.18 Å². The lowest BCUT2D eigenvalue weighted by Crippen LogP contribution is -2.13. The second kappa shape index (κ2) is 8.66. The number of carbonyl (C=O) groups is 1. The largest absolute Gasteiger partial charge is 0.335 e. The minimum atomic E-state index is -0.437. The summed E-state index contributed by atoms with van der Waals surface area (Å²) in [6, 6.07) is 7.78. The van der Waals surface area contributed by atoms with Gasteiger partial charge in [0, 0.05) is 12.0 Å². The normalized spacial score (nSPS) is 11.2. The molecule has 4 aromatic rings. The Kier molecular flexibility index (Phi) is 5.80. The molecule has 0 radical (unpaired) electrons. The van der Waals surface area contributed by atoms with Crippen molar-refractivity contribution >= 4 is 33.5 Å². The third-order valence-electron chi connectivity index (χ3n) is 4.69. The van der Waals surface area contributed by atoms with Crippen LogP contribution in [0.15, 0.2) is 34.9 Å². The summed E-state index contributed by atoms with van der Waals surface area (Å²) in [5.74, 6) is -0.838. The van der Waals surface area contributed by atoms with E-state index in [0.29, 0.717) is 27.5 Å². The van der Waals surface area contributed by atoms with Crippen molar-refractivity contribution in [2.24, 2.45) is 0 Å². The first kappa shape index (κ1) is 20.1. The molecular formula is C21H20FN5O2S. The van der Waals surface area contributed by atoms with Gasteiger partial charge in [0.25, 0.3) is 11.6 Å². The highest BCUT2D eigenvalue weighted by atomic mass is 32.1. The number of aryl methyl sites for hydroxylation is 2. The molecule has 0 spiro atoms. The monoisotopic (exact) mass is 425 g/mol. The minimum absolute atomic E-state index is 0.177. The van der Waals surface area contributed by atoms with Crippen molar-refractivity contribution < 1.29 is 13.7 Å². The van der Waals surface area contributed by atoms with Gasteiger partial charge in [0.1, 0.15) is 10.8 Å². The zero-order valence-electron chi connectivity index (χ0n) is 16.6. The van der Waals surface area contributed by atoms with Crippen LogP contribution in [0.1, 0.15) is 47.2 Å².